The summed E-state index contributed by atoms with van der Waals surface area (Å²) < 4.78 is 30.1. The molecule has 4 unspecified atom stereocenters. The van der Waals surface area contributed by atoms with Crippen LogP contribution in [-0.4, -0.2) is 24.2 Å². The molecule has 21 heavy (non-hydrogen) atoms. The molecule has 5 heteroatoms. The van der Waals surface area contributed by atoms with Gasteiger partial charge in [-0.1, -0.05) is 26.0 Å². The van der Waals surface area contributed by atoms with Crippen molar-refractivity contribution in [2.24, 2.45) is 0 Å². The second kappa shape index (κ2) is 5.84. The molecule has 1 aliphatic carbocycles. The maximum absolute atomic E-state index is 12.4. The van der Waals surface area contributed by atoms with Crippen molar-refractivity contribution in [1.82, 2.24) is 0 Å². The molecular weight excluding hydrogens is 304 g/mol. The van der Waals surface area contributed by atoms with E-state index >= 15 is 0 Å². The van der Waals surface area contributed by atoms with Crippen LogP contribution in [0.1, 0.15) is 51.0 Å². The van der Waals surface area contributed by atoms with Crippen LogP contribution < -0.4 is 4.18 Å². The van der Waals surface area contributed by atoms with Crippen molar-refractivity contribution in [2.75, 3.05) is 0 Å². The normalized spacial score (nSPS) is 29.5. The average Bonchev–Trinajstić information content (AvgIpc) is 3.25. The standard InChI is InChI=1S/C16H22O3S2/c1-3-11(2)12-4-6-13(7-5-12)19-21(17,18)14-8-9-15-16(10-14)20-15/h4-7,11,14-16H,3,8-10H2,1-2H3. The topological polar surface area (TPSA) is 43.4 Å². The third-order valence-corrected chi connectivity index (χ3v) is 7.78. The molecule has 0 N–H and O–H groups in total. The van der Waals surface area contributed by atoms with E-state index < -0.39 is 10.1 Å². The molecule has 4 atom stereocenters. The van der Waals surface area contributed by atoms with Gasteiger partial charge in [0.25, 0.3) is 0 Å². The maximum atomic E-state index is 12.4. The van der Waals surface area contributed by atoms with Crippen LogP contribution in [-0.2, 0) is 10.1 Å². The number of fused-ring (bicyclic) bond motifs is 1. The molecule has 2 aliphatic rings. The Bertz CT molecular complexity index is 594. The van der Waals surface area contributed by atoms with E-state index in [2.05, 4.69) is 13.8 Å². The van der Waals surface area contributed by atoms with Crippen LogP contribution in [0.5, 0.6) is 5.75 Å². The van der Waals surface area contributed by atoms with E-state index in [0.717, 1.165) is 25.7 Å². The van der Waals surface area contributed by atoms with Crippen molar-refractivity contribution in [3.63, 3.8) is 0 Å². The van der Waals surface area contributed by atoms with Crippen molar-refractivity contribution in [3.8, 4) is 5.75 Å². The Morgan fingerprint density at radius 3 is 2.57 bits per heavy atom. The van der Waals surface area contributed by atoms with Gasteiger partial charge in [-0.2, -0.15) is 20.2 Å². The van der Waals surface area contributed by atoms with Gasteiger partial charge in [-0.15, -0.1) is 0 Å². The van der Waals surface area contributed by atoms with Crippen LogP contribution in [0.3, 0.4) is 0 Å². The Labute approximate surface area is 131 Å². The summed E-state index contributed by atoms with van der Waals surface area (Å²) in [6, 6.07) is 7.48. The summed E-state index contributed by atoms with van der Waals surface area (Å²) in [4.78, 5) is 0. The second-order valence-electron chi connectivity index (χ2n) is 6.10. The van der Waals surface area contributed by atoms with E-state index in [1.54, 1.807) is 12.1 Å². The molecule has 3 nitrogen and oxygen atoms in total. The molecule has 0 aromatic heterocycles. The van der Waals surface area contributed by atoms with Crippen molar-refractivity contribution in [2.45, 2.75) is 61.2 Å². The summed E-state index contributed by atoms with van der Waals surface area (Å²) in [5, 5.41) is 0.934. The number of hydrogen-bond donors (Lipinski definition) is 0. The fourth-order valence-corrected chi connectivity index (χ4v) is 5.65. The first-order chi connectivity index (χ1) is 9.99. The fourth-order valence-electron chi connectivity index (χ4n) is 2.92. The molecule has 0 radical (unpaired) electrons. The van der Waals surface area contributed by atoms with Gasteiger partial charge in [-0.3, -0.25) is 0 Å². The first-order valence-corrected chi connectivity index (χ1v) is 10.1. The van der Waals surface area contributed by atoms with Crippen molar-refractivity contribution >= 4 is 21.9 Å². The van der Waals surface area contributed by atoms with Crippen molar-refractivity contribution in [3.05, 3.63) is 29.8 Å². The van der Waals surface area contributed by atoms with E-state index in [-0.39, 0.29) is 5.25 Å². The zero-order valence-corrected chi connectivity index (χ0v) is 14.1. The minimum atomic E-state index is -3.49. The number of benzene rings is 1. The molecule has 2 fully saturated rings. The lowest BCUT2D eigenvalue weighted by Gasteiger charge is -2.20. The Kier molecular flexibility index (Phi) is 4.23. The van der Waals surface area contributed by atoms with Crippen LogP contribution in [0.2, 0.25) is 0 Å². The van der Waals surface area contributed by atoms with E-state index in [0.29, 0.717) is 22.2 Å². The number of rotatable bonds is 5. The van der Waals surface area contributed by atoms with Crippen LogP contribution >= 0.6 is 11.8 Å². The smallest absolute Gasteiger partial charge is 0.312 e. The van der Waals surface area contributed by atoms with Gasteiger partial charge >= 0.3 is 10.1 Å². The van der Waals surface area contributed by atoms with Crippen LogP contribution in [0.15, 0.2) is 24.3 Å². The molecule has 1 heterocycles. The zero-order valence-electron chi connectivity index (χ0n) is 12.5. The van der Waals surface area contributed by atoms with Crippen molar-refractivity contribution < 1.29 is 12.6 Å². The Morgan fingerprint density at radius 1 is 1.24 bits per heavy atom. The molecule has 1 saturated carbocycles. The number of thioether (sulfide) groups is 1. The van der Waals surface area contributed by atoms with Crippen LogP contribution in [0.25, 0.3) is 0 Å². The minimum absolute atomic E-state index is 0.331. The third-order valence-electron chi connectivity index (χ3n) is 4.64. The summed E-state index contributed by atoms with van der Waals surface area (Å²) in [5.41, 5.74) is 1.22. The first-order valence-electron chi connectivity index (χ1n) is 7.68. The SMILES string of the molecule is CCC(C)c1ccc(OS(=O)(=O)C2CCC3SC3C2)cc1. The summed E-state index contributed by atoms with van der Waals surface area (Å²) in [6.45, 7) is 4.31. The lowest BCUT2D eigenvalue weighted by atomic mass is 9.99. The predicted octanol–water partition coefficient (Wildman–Crippen LogP) is 3.95. The highest BCUT2D eigenvalue weighted by Gasteiger charge is 2.47. The van der Waals surface area contributed by atoms with Gasteiger partial charge in [0.1, 0.15) is 5.75 Å². The summed E-state index contributed by atoms with van der Waals surface area (Å²) in [5.74, 6) is 0.922. The van der Waals surface area contributed by atoms with E-state index in [4.69, 9.17) is 4.18 Å². The van der Waals surface area contributed by atoms with E-state index in [1.807, 2.05) is 23.9 Å². The molecule has 0 spiro atoms. The van der Waals surface area contributed by atoms with E-state index in [9.17, 15) is 8.42 Å². The second-order valence-corrected chi connectivity index (χ2v) is 9.40. The Morgan fingerprint density at radius 2 is 1.95 bits per heavy atom. The third kappa shape index (κ3) is 3.39. The lowest BCUT2D eigenvalue weighted by Crippen LogP contribution is -2.30. The average molecular weight is 326 g/mol. The molecule has 1 aromatic rings. The summed E-state index contributed by atoms with van der Waals surface area (Å²) >= 11 is 1.91. The highest BCUT2D eigenvalue weighted by atomic mass is 32.2. The zero-order chi connectivity index (χ0) is 15.0. The molecule has 116 valence electrons. The lowest BCUT2D eigenvalue weighted by molar-refractivity contribution is 0.446. The number of hydrogen-bond acceptors (Lipinski definition) is 4. The Hall–Kier alpha value is -0.680. The van der Waals surface area contributed by atoms with Gasteiger partial charge in [0, 0.05) is 10.5 Å². The highest BCUT2D eigenvalue weighted by Crippen LogP contribution is 2.52. The first kappa shape index (κ1) is 15.2. The minimum Gasteiger partial charge on any atom is -0.382 e. The molecule has 0 amide bonds. The fraction of sp³-hybridized carbons (Fsp3) is 0.625. The van der Waals surface area contributed by atoms with Gasteiger partial charge in [-0.05, 0) is 49.3 Å². The predicted molar refractivity (Wildman–Crippen MR) is 87.5 cm³/mol. The summed E-state index contributed by atoms with van der Waals surface area (Å²) in [6.07, 6.45) is 3.57. The largest absolute Gasteiger partial charge is 0.382 e. The maximum Gasteiger partial charge on any atom is 0.312 e. The van der Waals surface area contributed by atoms with Gasteiger partial charge in [-0.25, -0.2) is 0 Å². The Balaban J connectivity index is 1.67. The summed E-state index contributed by atoms with van der Waals surface area (Å²) in [7, 11) is -3.49. The van der Waals surface area contributed by atoms with Crippen molar-refractivity contribution in [1.29, 1.82) is 0 Å². The van der Waals surface area contributed by atoms with Crippen LogP contribution in [0.4, 0.5) is 0 Å². The highest BCUT2D eigenvalue weighted by molar-refractivity contribution is 8.07. The molecule has 0 bridgehead atoms. The monoisotopic (exact) mass is 326 g/mol. The van der Waals surface area contributed by atoms with Gasteiger partial charge < -0.3 is 4.18 Å². The molecule has 1 saturated heterocycles. The van der Waals surface area contributed by atoms with Gasteiger partial charge in [0.15, 0.2) is 0 Å². The van der Waals surface area contributed by atoms with E-state index in [1.165, 1.54) is 5.56 Å². The molecular formula is C16H22O3S2. The van der Waals surface area contributed by atoms with Gasteiger partial charge in [0.2, 0.25) is 0 Å². The van der Waals surface area contributed by atoms with Crippen LogP contribution in [0, 0.1) is 0 Å². The molecule has 1 aliphatic heterocycles. The molecule has 1 aromatic carbocycles. The molecule has 3 rings (SSSR count). The van der Waals surface area contributed by atoms with Gasteiger partial charge in [0.05, 0.1) is 5.25 Å². The quantitative estimate of drug-likeness (QED) is 0.607.